The van der Waals surface area contributed by atoms with Gasteiger partial charge in [0.2, 0.25) is 0 Å². The molecule has 1 aliphatic rings. The Morgan fingerprint density at radius 1 is 1.67 bits per heavy atom. The second-order valence-electron chi connectivity index (χ2n) is 3.75. The Morgan fingerprint density at radius 3 is 2.93 bits per heavy atom. The van der Waals surface area contributed by atoms with E-state index < -0.39 is 17.3 Å². The van der Waals surface area contributed by atoms with Crippen LogP contribution in [-0.2, 0) is 0 Å². The van der Waals surface area contributed by atoms with Crippen molar-refractivity contribution in [3.63, 3.8) is 0 Å². The van der Waals surface area contributed by atoms with E-state index in [2.05, 4.69) is 10.3 Å². The number of hydrogen-bond donors (Lipinski definition) is 2. The molecule has 1 saturated carbocycles. The van der Waals surface area contributed by atoms with E-state index in [1.165, 1.54) is 12.3 Å². The van der Waals surface area contributed by atoms with Crippen LogP contribution in [0.4, 0.5) is 4.39 Å². The average Bonchev–Trinajstić information content (AvgIpc) is 2.99. The summed E-state index contributed by atoms with van der Waals surface area (Å²) in [5, 5.41) is 11.6. The highest BCUT2D eigenvalue weighted by Gasteiger charge is 2.43. The van der Waals surface area contributed by atoms with Gasteiger partial charge in [-0.15, -0.1) is 0 Å². The first-order valence-corrected chi connectivity index (χ1v) is 4.70. The summed E-state index contributed by atoms with van der Waals surface area (Å²) in [5.41, 5.74) is -0.558. The predicted octanol–water partition coefficient (Wildman–Crippen LogP) is 0.475. The molecular formula is C10H11FN2O2. The second kappa shape index (κ2) is 3.58. The second-order valence-corrected chi connectivity index (χ2v) is 3.75. The van der Waals surface area contributed by atoms with Crippen LogP contribution in [0.2, 0.25) is 0 Å². The molecule has 1 fully saturated rings. The van der Waals surface area contributed by atoms with Crippen LogP contribution in [0.5, 0.6) is 0 Å². The summed E-state index contributed by atoms with van der Waals surface area (Å²) >= 11 is 0. The molecule has 1 aliphatic carbocycles. The summed E-state index contributed by atoms with van der Waals surface area (Å²) in [5.74, 6) is -1.15. The van der Waals surface area contributed by atoms with Crippen LogP contribution >= 0.6 is 0 Å². The lowest BCUT2D eigenvalue weighted by molar-refractivity contribution is 0.0902. The van der Waals surface area contributed by atoms with Gasteiger partial charge in [-0.3, -0.25) is 9.78 Å². The Balaban J connectivity index is 2.12. The summed E-state index contributed by atoms with van der Waals surface area (Å²) < 4.78 is 13.2. The molecule has 4 nitrogen and oxygen atoms in total. The first-order chi connectivity index (χ1) is 7.17. The lowest BCUT2D eigenvalue weighted by Gasteiger charge is -2.14. The summed E-state index contributed by atoms with van der Waals surface area (Å²) in [6.07, 6.45) is 3.83. The van der Waals surface area contributed by atoms with E-state index in [0.29, 0.717) is 0 Å². The van der Waals surface area contributed by atoms with Crippen molar-refractivity contribution >= 4 is 5.91 Å². The Hall–Kier alpha value is -1.49. The summed E-state index contributed by atoms with van der Waals surface area (Å²) in [4.78, 5) is 15.1. The highest BCUT2D eigenvalue weighted by Crippen LogP contribution is 2.34. The number of pyridine rings is 1. The number of halogens is 1. The molecule has 0 saturated heterocycles. The molecule has 2 N–H and O–H groups in total. The molecule has 5 heteroatoms. The summed E-state index contributed by atoms with van der Waals surface area (Å²) in [6.45, 7) is -0.106. The van der Waals surface area contributed by atoms with Gasteiger partial charge in [0.1, 0.15) is 0 Å². The van der Waals surface area contributed by atoms with Crippen molar-refractivity contribution in [3.05, 3.63) is 29.8 Å². The SMILES string of the molecule is O=C(NC1(CO)CC1)c1ccncc1F. The minimum atomic E-state index is -0.649. The van der Waals surface area contributed by atoms with Crippen molar-refractivity contribution in [1.29, 1.82) is 0 Å². The first-order valence-electron chi connectivity index (χ1n) is 4.70. The molecule has 1 amide bonds. The van der Waals surface area contributed by atoms with Crippen molar-refractivity contribution in [3.8, 4) is 0 Å². The molecule has 0 unspecified atom stereocenters. The highest BCUT2D eigenvalue weighted by molar-refractivity contribution is 5.95. The van der Waals surface area contributed by atoms with Gasteiger partial charge in [0.15, 0.2) is 5.82 Å². The number of nitrogens with one attached hydrogen (secondary N) is 1. The molecule has 0 aromatic carbocycles. The van der Waals surface area contributed by atoms with Crippen molar-refractivity contribution in [2.45, 2.75) is 18.4 Å². The van der Waals surface area contributed by atoms with Crippen molar-refractivity contribution in [1.82, 2.24) is 10.3 Å². The quantitative estimate of drug-likeness (QED) is 0.762. The van der Waals surface area contributed by atoms with Crippen LogP contribution in [0.25, 0.3) is 0 Å². The van der Waals surface area contributed by atoms with Crippen LogP contribution in [0.3, 0.4) is 0 Å². The van der Waals surface area contributed by atoms with E-state index in [-0.39, 0.29) is 12.2 Å². The zero-order valence-electron chi connectivity index (χ0n) is 8.03. The summed E-state index contributed by atoms with van der Waals surface area (Å²) in [6, 6.07) is 1.32. The van der Waals surface area contributed by atoms with E-state index in [1.807, 2.05) is 0 Å². The standard InChI is InChI=1S/C10H11FN2O2/c11-8-5-12-4-1-7(8)9(15)13-10(6-14)2-3-10/h1,4-5,14H,2-3,6H2,(H,13,15). The fourth-order valence-electron chi connectivity index (χ4n) is 1.34. The van der Waals surface area contributed by atoms with Crippen LogP contribution in [0.15, 0.2) is 18.5 Å². The van der Waals surface area contributed by atoms with Gasteiger partial charge >= 0.3 is 0 Å². The van der Waals surface area contributed by atoms with Gasteiger partial charge in [0.25, 0.3) is 5.91 Å². The normalized spacial score (nSPS) is 17.2. The number of aliphatic hydroxyl groups is 1. The van der Waals surface area contributed by atoms with Crippen molar-refractivity contribution in [2.75, 3.05) is 6.61 Å². The lowest BCUT2D eigenvalue weighted by Crippen LogP contribution is -2.39. The molecule has 1 aromatic heterocycles. The van der Waals surface area contributed by atoms with Crippen LogP contribution in [0.1, 0.15) is 23.2 Å². The van der Waals surface area contributed by atoms with Gasteiger partial charge in [0.05, 0.1) is 23.9 Å². The largest absolute Gasteiger partial charge is 0.394 e. The Kier molecular flexibility index (Phi) is 2.40. The maximum Gasteiger partial charge on any atom is 0.254 e. The lowest BCUT2D eigenvalue weighted by atomic mass is 10.2. The zero-order chi connectivity index (χ0) is 10.9. The van der Waals surface area contributed by atoms with Gasteiger partial charge in [-0.2, -0.15) is 0 Å². The van der Waals surface area contributed by atoms with Crippen LogP contribution in [-0.4, -0.2) is 28.1 Å². The summed E-state index contributed by atoms with van der Waals surface area (Å²) in [7, 11) is 0. The number of rotatable bonds is 3. The molecule has 1 heterocycles. The van der Waals surface area contributed by atoms with Crippen molar-refractivity contribution in [2.24, 2.45) is 0 Å². The minimum Gasteiger partial charge on any atom is -0.394 e. The van der Waals surface area contributed by atoms with E-state index in [0.717, 1.165) is 19.0 Å². The van der Waals surface area contributed by atoms with Crippen molar-refractivity contribution < 1.29 is 14.3 Å². The molecule has 0 bridgehead atoms. The van der Waals surface area contributed by atoms with Crippen LogP contribution < -0.4 is 5.32 Å². The smallest absolute Gasteiger partial charge is 0.254 e. The number of carbonyl (C=O) groups excluding carboxylic acids is 1. The highest BCUT2D eigenvalue weighted by atomic mass is 19.1. The monoisotopic (exact) mass is 210 g/mol. The third kappa shape index (κ3) is 1.97. The Labute approximate surface area is 86.1 Å². The number of aromatic nitrogens is 1. The molecule has 15 heavy (non-hydrogen) atoms. The van der Waals surface area contributed by atoms with Crippen LogP contribution in [0, 0.1) is 5.82 Å². The third-order valence-electron chi connectivity index (χ3n) is 2.55. The first kappa shape index (κ1) is 10.0. The maximum absolute atomic E-state index is 13.2. The maximum atomic E-state index is 13.2. The number of hydrogen-bond acceptors (Lipinski definition) is 3. The fraction of sp³-hybridized carbons (Fsp3) is 0.400. The van der Waals surface area contributed by atoms with Gasteiger partial charge in [-0.1, -0.05) is 0 Å². The third-order valence-corrected chi connectivity index (χ3v) is 2.55. The van der Waals surface area contributed by atoms with E-state index in [1.54, 1.807) is 0 Å². The molecule has 0 aliphatic heterocycles. The fourth-order valence-corrected chi connectivity index (χ4v) is 1.34. The van der Waals surface area contributed by atoms with Gasteiger partial charge < -0.3 is 10.4 Å². The number of amides is 1. The molecule has 1 aromatic rings. The molecule has 0 radical (unpaired) electrons. The Bertz CT molecular complexity index is 391. The molecule has 80 valence electrons. The predicted molar refractivity (Wildman–Crippen MR) is 50.7 cm³/mol. The van der Waals surface area contributed by atoms with E-state index >= 15 is 0 Å². The van der Waals surface area contributed by atoms with E-state index in [4.69, 9.17) is 5.11 Å². The number of nitrogens with zero attached hydrogens (tertiary/aromatic N) is 1. The molecule has 0 spiro atoms. The van der Waals surface area contributed by atoms with E-state index in [9.17, 15) is 9.18 Å². The number of carbonyl (C=O) groups is 1. The topological polar surface area (TPSA) is 62.2 Å². The van der Waals surface area contributed by atoms with Gasteiger partial charge in [-0.05, 0) is 18.9 Å². The number of aliphatic hydroxyl groups excluding tert-OH is 1. The average molecular weight is 210 g/mol. The minimum absolute atomic E-state index is 0.0373. The molecular weight excluding hydrogens is 199 g/mol. The molecule has 2 rings (SSSR count). The van der Waals surface area contributed by atoms with Gasteiger partial charge in [-0.25, -0.2) is 4.39 Å². The molecule has 0 atom stereocenters. The Morgan fingerprint density at radius 2 is 2.40 bits per heavy atom. The van der Waals surface area contributed by atoms with Gasteiger partial charge in [0, 0.05) is 6.20 Å². The zero-order valence-corrected chi connectivity index (χ0v) is 8.03.